The largest absolute Gasteiger partial charge is 0.362 e. The Morgan fingerprint density at radius 1 is 1.16 bits per heavy atom. The molecule has 2 aromatic heterocycles. The van der Waals surface area contributed by atoms with E-state index >= 15 is 0 Å². The molecule has 31 heavy (non-hydrogen) atoms. The van der Waals surface area contributed by atoms with Gasteiger partial charge in [0, 0.05) is 42.1 Å². The van der Waals surface area contributed by atoms with Crippen molar-refractivity contribution in [2.45, 2.75) is 51.7 Å². The van der Waals surface area contributed by atoms with Gasteiger partial charge in [-0.05, 0) is 56.9 Å². The molecule has 2 aliphatic rings. The first-order valence-electron chi connectivity index (χ1n) is 10.9. The van der Waals surface area contributed by atoms with Crippen molar-refractivity contribution in [2.75, 3.05) is 23.3 Å². The van der Waals surface area contributed by atoms with Crippen molar-refractivity contribution in [1.29, 1.82) is 5.26 Å². The van der Waals surface area contributed by atoms with Gasteiger partial charge in [-0.2, -0.15) is 10.4 Å². The highest BCUT2D eigenvalue weighted by atomic mass is 15.3. The molecule has 0 amide bonds. The molecule has 158 valence electrons. The third-order valence-corrected chi connectivity index (χ3v) is 6.69. The van der Waals surface area contributed by atoms with Crippen LogP contribution in [0.5, 0.6) is 0 Å². The molecule has 4 heterocycles. The Balaban J connectivity index is 1.50. The molecule has 0 saturated carbocycles. The van der Waals surface area contributed by atoms with Crippen LogP contribution in [0.15, 0.2) is 30.5 Å². The second kappa shape index (κ2) is 7.78. The van der Waals surface area contributed by atoms with Gasteiger partial charge in [0.15, 0.2) is 5.82 Å². The summed E-state index contributed by atoms with van der Waals surface area (Å²) in [5.41, 5.74) is 3.65. The van der Waals surface area contributed by atoms with E-state index in [9.17, 15) is 5.26 Å². The Bertz CT molecular complexity index is 1170. The van der Waals surface area contributed by atoms with Gasteiger partial charge in [-0.25, -0.2) is 4.98 Å². The van der Waals surface area contributed by atoms with Crippen LogP contribution in [-0.2, 0) is 0 Å². The van der Waals surface area contributed by atoms with Crippen LogP contribution in [0.2, 0.25) is 0 Å². The fourth-order valence-corrected chi connectivity index (χ4v) is 4.95. The summed E-state index contributed by atoms with van der Waals surface area (Å²) in [5.74, 6) is 1.74. The summed E-state index contributed by atoms with van der Waals surface area (Å²) in [4.78, 5) is 7.16. The van der Waals surface area contributed by atoms with E-state index in [2.05, 4.69) is 50.9 Å². The fourth-order valence-electron chi connectivity index (χ4n) is 4.95. The molecule has 3 aromatic rings. The van der Waals surface area contributed by atoms with E-state index in [0.29, 0.717) is 17.6 Å². The molecule has 2 aliphatic heterocycles. The van der Waals surface area contributed by atoms with Crippen molar-refractivity contribution in [3.63, 3.8) is 0 Å². The van der Waals surface area contributed by atoms with Gasteiger partial charge >= 0.3 is 0 Å². The molecule has 2 fully saturated rings. The Kier molecular flexibility index (Phi) is 4.95. The Morgan fingerprint density at radius 3 is 2.68 bits per heavy atom. The van der Waals surface area contributed by atoms with E-state index in [1.165, 1.54) is 12.8 Å². The highest BCUT2D eigenvalue weighted by Crippen LogP contribution is 2.31. The number of anilines is 2. The number of aryl methyl sites for hydroxylation is 1. The fraction of sp³-hybridized carbons (Fsp3) is 0.417. The van der Waals surface area contributed by atoms with Gasteiger partial charge in [0.25, 0.3) is 0 Å². The lowest BCUT2D eigenvalue weighted by atomic mass is 9.98. The zero-order valence-electron chi connectivity index (χ0n) is 18.2. The first-order chi connectivity index (χ1) is 15.0. The molecule has 5 rings (SSSR count). The van der Waals surface area contributed by atoms with E-state index in [4.69, 9.17) is 4.98 Å². The first kappa shape index (κ1) is 19.7. The Morgan fingerprint density at radius 2 is 1.94 bits per heavy atom. The van der Waals surface area contributed by atoms with Crippen LogP contribution in [0.25, 0.3) is 10.8 Å². The predicted molar refractivity (Wildman–Crippen MR) is 122 cm³/mol. The molecule has 2 unspecified atom stereocenters. The maximum atomic E-state index is 9.37. The van der Waals surface area contributed by atoms with Gasteiger partial charge in [0.05, 0.1) is 23.4 Å². The van der Waals surface area contributed by atoms with Crippen molar-refractivity contribution in [3.05, 3.63) is 52.8 Å². The van der Waals surface area contributed by atoms with Crippen molar-refractivity contribution in [3.8, 4) is 6.07 Å². The number of hydrogen-bond acceptors (Lipinski definition) is 7. The van der Waals surface area contributed by atoms with Crippen LogP contribution in [0, 0.1) is 25.2 Å². The summed E-state index contributed by atoms with van der Waals surface area (Å²) in [5, 5.41) is 27.5. The summed E-state index contributed by atoms with van der Waals surface area (Å²) in [7, 11) is 0. The van der Waals surface area contributed by atoms with Gasteiger partial charge in [0.2, 0.25) is 0 Å². The first-order valence-corrected chi connectivity index (χ1v) is 10.9. The summed E-state index contributed by atoms with van der Waals surface area (Å²) in [6, 6.07) is 11.4. The van der Waals surface area contributed by atoms with Crippen molar-refractivity contribution >= 4 is 22.4 Å². The number of hydrogen-bond donors (Lipinski definition) is 2. The molecular weight excluding hydrogens is 386 g/mol. The number of nitrogens with zero attached hydrogens (tertiary/aromatic N) is 5. The summed E-state index contributed by atoms with van der Waals surface area (Å²) < 4.78 is 0. The number of piperazine rings is 1. The molecular formula is C24H27N7. The maximum Gasteiger partial charge on any atom is 0.157 e. The SMILES string of the molecule is Cc1c(C#N)cccc1[C@@H](C)Nc1nnc(C)c2cnc(N3CC4CCC(C3)N4)cc12. The second-order valence-corrected chi connectivity index (χ2v) is 8.76. The minimum atomic E-state index is -0.0137. The summed E-state index contributed by atoms with van der Waals surface area (Å²) in [6.07, 6.45) is 4.41. The molecule has 2 saturated heterocycles. The lowest BCUT2D eigenvalue weighted by molar-refractivity contribution is 0.463. The Hall–Kier alpha value is -3.24. The third-order valence-electron chi connectivity index (χ3n) is 6.69. The number of rotatable bonds is 4. The molecule has 2 N–H and O–H groups in total. The van der Waals surface area contributed by atoms with E-state index in [-0.39, 0.29) is 6.04 Å². The van der Waals surface area contributed by atoms with Crippen LogP contribution in [0.1, 0.15) is 48.2 Å². The van der Waals surface area contributed by atoms with Crippen LogP contribution < -0.4 is 15.5 Å². The standard InChI is InChI=1S/C24H27N7/c1-14-17(10-25)5-4-6-20(14)15(2)27-24-21-9-23(26-11-22(21)16(3)29-30-24)31-12-18-7-8-19(13-31)28-18/h4-6,9,11,15,18-19,28H,7-8,12-13H2,1-3H3,(H,27,30)/t15-,18?,19?/m1/s1. The summed E-state index contributed by atoms with van der Waals surface area (Å²) >= 11 is 0. The van der Waals surface area contributed by atoms with Crippen molar-refractivity contribution in [1.82, 2.24) is 20.5 Å². The highest BCUT2D eigenvalue weighted by molar-refractivity contribution is 5.94. The minimum Gasteiger partial charge on any atom is -0.362 e. The Labute approximate surface area is 182 Å². The zero-order chi connectivity index (χ0) is 21.5. The lowest BCUT2D eigenvalue weighted by Crippen LogP contribution is -2.51. The van der Waals surface area contributed by atoms with Gasteiger partial charge in [0.1, 0.15) is 5.82 Å². The number of aromatic nitrogens is 3. The molecule has 3 atom stereocenters. The van der Waals surface area contributed by atoms with Crippen molar-refractivity contribution in [2.24, 2.45) is 0 Å². The average molecular weight is 414 g/mol. The van der Waals surface area contributed by atoms with E-state index in [1.54, 1.807) is 0 Å². The lowest BCUT2D eigenvalue weighted by Gasteiger charge is -2.33. The van der Waals surface area contributed by atoms with Gasteiger partial charge in [-0.3, -0.25) is 0 Å². The third kappa shape index (κ3) is 3.57. The van der Waals surface area contributed by atoms with E-state index in [1.807, 2.05) is 32.2 Å². The summed E-state index contributed by atoms with van der Waals surface area (Å²) in [6.45, 7) is 8.03. The topological polar surface area (TPSA) is 89.8 Å². The number of nitriles is 1. The molecule has 1 aromatic carbocycles. The van der Waals surface area contributed by atoms with Crippen LogP contribution >= 0.6 is 0 Å². The number of benzene rings is 1. The van der Waals surface area contributed by atoms with E-state index in [0.717, 1.165) is 52.3 Å². The molecule has 7 nitrogen and oxygen atoms in total. The smallest absolute Gasteiger partial charge is 0.157 e. The molecule has 0 spiro atoms. The van der Waals surface area contributed by atoms with Gasteiger partial charge in [-0.1, -0.05) is 12.1 Å². The zero-order valence-corrected chi connectivity index (χ0v) is 18.2. The number of pyridine rings is 1. The average Bonchev–Trinajstić information content (AvgIpc) is 3.13. The highest BCUT2D eigenvalue weighted by Gasteiger charge is 2.32. The molecule has 2 bridgehead atoms. The normalized spacial score (nSPS) is 21.2. The van der Waals surface area contributed by atoms with Crippen LogP contribution in [0.3, 0.4) is 0 Å². The van der Waals surface area contributed by atoms with E-state index < -0.39 is 0 Å². The maximum absolute atomic E-state index is 9.37. The predicted octanol–water partition coefficient (Wildman–Crippen LogP) is 3.63. The van der Waals surface area contributed by atoms with Crippen LogP contribution in [0.4, 0.5) is 11.6 Å². The van der Waals surface area contributed by atoms with Gasteiger partial charge < -0.3 is 15.5 Å². The number of nitrogens with one attached hydrogen (secondary N) is 2. The molecule has 7 heteroatoms. The monoisotopic (exact) mass is 413 g/mol. The second-order valence-electron chi connectivity index (χ2n) is 8.76. The molecule has 0 radical (unpaired) electrons. The van der Waals surface area contributed by atoms with Crippen molar-refractivity contribution < 1.29 is 0 Å². The number of fused-ring (bicyclic) bond motifs is 3. The molecule has 0 aliphatic carbocycles. The quantitative estimate of drug-likeness (QED) is 0.675. The minimum absolute atomic E-state index is 0.0137. The van der Waals surface area contributed by atoms with Gasteiger partial charge in [-0.15, -0.1) is 5.10 Å². The van der Waals surface area contributed by atoms with Crippen LogP contribution in [-0.4, -0.2) is 40.4 Å².